The number of hydrogen-bond donors (Lipinski definition) is 1. The van der Waals surface area contributed by atoms with E-state index in [9.17, 15) is 9.59 Å². The zero-order valence-corrected chi connectivity index (χ0v) is 14.2. The third kappa shape index (κ3) is 3.07. The Bertz CT molecular complexity index is 763. The maximum absolute atomic E-state index is 12.4. The monoisotopic (exact) mass is 326 g/mol. The Morgan fingerprint density at radius 3 is 2.75 bits per heavy atom. The molecule has 0 saturated heterocycles. The molecule has 2 aromatic rings. The lowest BCUT2D eigenvalue weighted by Gasteiger charge is -2.19. The van der Waals surface area contributed by atoms with Crippen LogP contribution in [0.2, 0.25) is 0 Å². The summed E-state index contributed by atoms with van der Waals surface area (Å²) in [6.45, 7) is 6.40. The van der Waals surface area contributed by atoms with Gasteiger partial charge in [-0.15, -0.1) is 0 Å². The van der Waals surface area contributed by atoms with E-state index in [0.29, 0.717) is 24.4 Å². The van der Waals surface area contributed by atoms with Gasteiger partial charge in [-0.3, -0.25) is 9.59 Å². The summed E-state index contributed by atoms with van der Waals surface area (Å²) in [7, 11) is 0. The topological polar surface area (TPSA) is 62.6 Å². The van der Waals surface area contributed by atoms with Crippen LogP contribution in [0.5, 0.6) is 0 Å². The Morgan fingerprint density at radius 2 is 2.00 bits per heavy atom. The van der Waals surface area contributed by atoms with Crippen molar-refractivity contribution in [3.8, 4) is 0 Å². The molecule has 0 radical (unpaired) electrons. The van der Waals surface area contributed by atoms with Gasteiger partial charge in [0.05, 0.1) is 19.2 Å². The Balaban J connectivity index is 1.79. The number of benzene rings is 1. The highest BCUT2D eigenvalue weighted by molar-refractivity contribution is 6.01. The van der Waals surface area contributed by atoms with Crippen LogP contribution in [-0.2, 0) is 17.8 Å². The normalized spacial score (nSPS) is 14.8. The molecule has 24 heavy (non-hydrogen) atoms. The van der Waals surface area contributed by atoms with Crippen LogP contribution in [0.4, 0.5) is 5.69 Å². The summed E-state index contributed by atoms with van der Waals surface area (Å²) < 4.78 is 5.39. The minimum absolute atomic E-state index is 0.0410. The lowest BCUT2D eigenvalue weighted by atomic mass is 10.1. The number of carbonyl (C=O) groups excluding carboxylic acids is 2. The number of fused-ring (bicyclic) bond motifs is 1. The van der Waals surface area contributed by atoms with Crippen LogP contribution < -0.4 is 10.2 Å². The summed E-state index contributed by atoms with van der Waals surface area (Å²) >= 11 is 0. The molecular weight excluding hydrogens is 304 g/mol. The van der Waals surface area contributed by atoms with Crippen molar-refractivity contribution in [2.24, 2.45) is 5.92 Å². The third-order valence-corrected chi connectivity index (χ3v) is 4.57. The highest BCUT2D eigenvalue weighted by Gasteiger charge is 2.29. The number of carbonyl (C=O) groups is 2. The first kappa shape index (κ1) is 16.3. The number of nitrogens with zero attached hydrogens (tertiary/aromatic N) is 1. The minimum Gasteiger partial charge on any atom is -0.459 e. The molecule has 1 atom stereocenters. The molecule has 5 nitrogen and oxygen atoms in total. The van der Waals surface area contributed by atoms with Gasteiger partial charge in [0.2, 0.25) is 5.91 Å². The summed E-state index contributed by atoms with van der Waals surface area (Å²) in [6, 6.07) is 9.53. The van der Waals surface area contributed by atoms with Crippen LogP contribution in [0.25, 0.3) is 0 Å². The second-order valence-corrected chi connectivity index (χ2v) is 6.57. The highest BCUT2D eigenvalue weighted by atomic mass is 16.3. The molecule has 5 heteroatoms. The van der Waals surface area contributed by atoms with Crippen molar-refractivity contribution in [3.63, 3.8) is 0 Å². The summed E-state index contributed by atoms with van der Waals surface area (Å²) in [5.74, 6) is 0.412. The molecule has 1 aromatic carbocycles. The van der Waals surface area contributed by atoms with E-state index in [-0.39, 0.29) is 23.6 Å². The Morgan fingerprint density at radius 1 is 1.25 bits per heavy atom. The van der Waals surface area contributed by atoms with Gasteiger partial charge in [-0.2, -0.15) is 0 Å². The number of nitrogens with one attached hydrogen (secondary N) is 1. The standard InChI is InChI=1S/C19H22N2O3/c1-12(2)13(3)20-19(23)18-15(8-9-24-18)11-21-16-7-5-4-6-14(16)10-17(21)22/h4-9,12-13H,10-11H2,1-3H3,(H,20,23)/t13-/m1/s1. The van der Waals surface area contributed by atoms with Crippen LogP contribution in [0.1, 0.15) is 42.5 Å². The van der Waals surface area contributed by atoms with Gasteiger partial charge < -0.3 is 14.6 Å². The summed E-state index contributed by atoms with van der Waals surface area (Å²) in [4.78, 5) is 26.4. The SMILES string of the molecule is CC(C)[C@@H](C)NC(=O)c1occc1CN1C(=O)Cc2ccccc21. The first-order valence-electron chi connectivity index (χ1n) is 8.23. The summed E-state index contributed by atoms with van der Waals surface area (Å²) in [6.07, 6.45) is 1.90. The lowest BCUT2D eigenvalue weighted by Crippen LogP contribution is -2.36. The fourth-order valence-electron chi connectivity index (χ4n) is 2.76. The molecule has 0 fully saturated rings. The quantitative estimate of drug-likeness (QED) is 0.918. The number of para-hydroxylation sites is 1. The van der Waals surface area contributed by atoms with E-state index in [1.807, 2.05) is 45.0 Å². The van der Waals surface area contributed by atoms with Crippen LogP contribution in [0.3, 0.4) is 0 Å². The van der Waals surface area contributed by atoms with Crippen LogP contribution in [0.15, 0.2) is 41.0 Å². The maximum Gasteiger partial charge on any atom is 0.287 e. The van der Waals surface area contributed by atoms with E-state index < -0.39 is 0 Å². The molecule has 2 amide bonds. The zero-order valence-electron chi connectivity index (χ0n) is 14.2. The van der Waals surface area contributed by atoms with Gasteiger partial charge in [-0.05, 0) is 30.5 Å². The fourth-order valence-corrected chi connectivity index (χ4v) is 2.76. The molecule has 1 N–H and O–H groups in total. The van der Waals surface area contributed by atoms with Gasteiger partial charge in [-0.25, -0.2) is 0 Å². The molecule has 1 aromatic heterocycles. The van der Waals surface area contributed by atoms with Crippen molar-refractivity contribution in [1.82, 2.24) is 5.32 Å². The zero-order chi connectivity index (χ0) is 17.3. The predicted octanol–water partition coefficient (Wildman–Crippen LogP) is 3.14. The number of amides is 2. The average Bonchev–Trinajstić information content (AvgIpc) is 3.12. The van der Waals surface area contributed by atoms with Crippen molar-refractivity contribution in [2.45, 2.75) is 39.8 Å². The second kappa shape index (κ2) is 6.51. The number of hydrogen-bond acceptors (Lipinski definition) is 3. The van der Waals surface area contributed by atoms with E-state index in [4.69, 9.17) is 4.42 Å². The van der Waals surface area contributed by atoms with Gasteiger partial charge in [0, 0.05) is 17.3 Å². The predicted molar refractivity (Wildman–Crippen MR) is 91.8 cm³/mol. The Hall–Kier alpha value is -2.56. The Labute approximate surface area is 141 Å². The van der Waals surface area contributed by atoms with E-state index in [1.54, 1.807) is 11.0 Å². The molecule has 1 aliphatic heterocycles. The van der Waals surface area contributed by atoms with Crippen LogP contribution in [0, 0.1) is 5.92 Å². The molecule has 3 rings (SSSR count). The maximum atomic E-state index is 12.4. The van der Waals surface area contributed by atoms with Crippen LogP contribution in [-0.4, -0.2) is 17.9 Å². The Kier molecular flexibility index (Phi) is 4.42. The highest BCUT2D eigenvalue weighted by Crippen LogP contribution is 2.30. The molecular formula is C19H22N2O3. The smallest absolute Gasteiger partial charge is 0.287 e. The van der Waals surface area contributed by atoms with Gasteiger partial charge >= 0.3 is 0 Å². The summed E-state index contributed by atoms with van der Waals surface area (Å²) in [5, 5.41) is 2.94. The van der Waals surface area contributed by atoms with Crippen molar-refractivity contribution in [2.75, 3.05) is 4.90 Å². The van der Waals surface area contributed by atoms with E-state index in [0.717, 1.165) is 11.3 Å². The van der Waals surface area contributed by atoms with Crippen LogP contribution >= 0.6 is 0 Å². The molecule has 2 heterocycles. The van der Waals surface area contributed by atoms with Crippen molar-refractivity contribution >= 4 is 17.5 Å². The van der Waals surface area contributed by atoms with Gasteiger partial charge in [0.1, 0.15) is 0 Å². The van der Waals surface area contributed by atoms with Crippen molar-refractivity contribution in [3.05, 3.63) is 53.5 Å². The second-order valence-electron chi connectivity index (χ2n) is 6.57. The van der Waals surface area contributed by atoms with Crippen molar-refractivity contribution < 1.29 is 14.0 Å². The number of furan rings is 1. The van der Waals surface area contributed by atoms with Gasteiger partial charge in [0.15, 0.2) is 5.76 Å². The number of rotatable bonds is 5. The van der Waals surface area contributed by atoms with Crippen molar-refractivity contribution in [1.29, 1.82) is 0 Å². The molecule has 0 saturated carbocycles. The first-order valence-corrected chi connectivity index (χ1v) is 8.23. The molecule has 1 aliphatic rings. The number of anilines is 1. The largest absolute Gasteiger partial charge is 0.459 e. The molecule has 126 valence electrons. The average molecular weight is 326 g/mol. The first-order chi connectivity index (χ1) is 11.5. The van der Waals surface area contributed by atoms with Gasteiger partial charge in [-0.1, -0.05) is 32.0 Å². The van der Waals surface area contributed by atoms with Gasteiger partial charge in [0.25, 0.3) is 5.91 Å². The fraction of sp³-hybridized carbons (Fsp3) is 0.368. The minimum atomic E-state index is -0.240. The lowest BCUT2D eigenvalue weighted by molar-refractivity contribution is -0.117. The van der Waals surface area contributed by atoms with E-state index >= 15 is 0 Å². The molecule has 0 aliphatic carbocycles. The summed E-state index contributed by atoms with van der Waals surface area (Å²) in [5.41, 5.74) is 2.64. The molecule has 0 bridgehead atoms. The van der Waals surface area contributed by atoms with E-state index in [1.165, 1.54) is 6.26 Å². The van der Waals surface area contributed by atoms with E-state index in [2.05, 4.69) is 5.32 Å². The molecule has 0 spiro atoms. The third-order valence-electron chi connectivity index (χ3n) is 4.57. The molecule has 0 unspecified atom stereocenters.